The minimum atomic E-state index is -4.07. The summed E-state index contributed by atoms with van der Waals surface area (Å²) >= 11 is 0. The van der Waals surface area contributed by atoms with E-state index in [1.165, 1.54) is 68.8 Å². The molecule has 0 saturated heterocycles. The first-order chi connectivity index (χ1) is 15.7. The third-order valence-electron chi connectivity index (χ3n) is 4.45. The molecule has 33 heavy (non-hydrogen) atoms. The van der Waals surface area contributed by atoms with Crippen LogP contribution in [0, 0.1) is 5.82 Å². The Morgan fingerprint density at radius 2 is 1.33 bits per heavy atom. The lowest BCUT2D eigenvalue weighted by Crippen LogP contribution is -2.41. The number of para-hydroxylation sites is 1. The van der Waals surface area contributed by atoms with Gasteiger partial charge in [0.1, 0.15) is 17.3 Å². The van der Waals surface area contributed by atoms with Crippen molar-refractivity contribution < 1.29 is 31.9 Å². The molecule has 0 radical (unpaired) electrons. The lowest BCUT2D eigenvalue weighted by atomic mass is 10.2. The highest BCUT2D eigenvalue weighted by molar-refractivity contribution is 7.92. The Balaban J connectivity index is 1.66. The fourth-order valence-corrected chi connectivity index (χ4v) is 3.80. The highest BCUT2D eigenvalue weighted by atomic mass is 32.2. The Kier molecular flexibility index (Phi) is 7.13. The van der Waals surface area contributed by atoms with Crippen molar-refractivity contribution in [3.8, 4) is 11.5 Å². The quantitative estimate of drug-likeness (QED) is 0.454. The van der Waals surface area contributed by atoms with Gasteiger partial charge in [0.15, 0.2) is 0 Å². The van der Waals surface area contributed by atoms with E-state index in [0.717, 1.165) is 6.07 Å². The molecule has 9 nitrogen and oxygen atoms in total. The minimum absolute atomic E-state index is 0.0864. The number of benzene rings is 3. The van der Waals surface area contributed by atoms with E-state index in [0.29, 0.717) is 11.5 Å². The summed E-state index contributed by atoms with van der Waals surface area (Å²) in [5.74, 6) is -1.22. The molecule has 0 heterocycles. The van der Waals surface area contributed by atoms with Gasteiger partial charge in [-0.25, -0.2) is 12.8 Å². The van der Waals surface area contributed by atoms with Crippen LogP contribution in [0.4, 0.5) is 10.1 Å². The number of hydrogen-bond donors (Lipinski definition) is 3. The summed E-state index contributed by atoms with van der Waals surface area (Å²) in [7, 11) is -1.19. The Morgan fingerprint density at radius 1 is 0.788 bits per heavy atom. The standard InChI is InChI=1S/C22H20FN3O6S/c1-31-16-11-15(12-17(13-16)32-2)22(28)25-24-21(27)14-7-9-18(10-8-14)33(29,30)26-20-6-4-3-5-19(20)23/h3-13,26H,1-2H3,(H,24,27)(H,25,28). The maximum atomic E-state index is 13.7. The average molecular weight is 473 g/mol. The molecule has 0 saturated carbocycles. The molecule has 3 rings (SSSR count). The molecule has 3 N–H and O–H groups in total. The Hall–Kier alpha value is -4.12. The van der Waals surface area contributed by atoms with Crippen molar-refractivity contribution in [1.29, 1.82) is 0 Å². The number of sulfonamides is 1. The number of rotatable bonds is 7. The topological polar surface area (TPSA) is 123 Å². The molecule has 3 aromatic carbocycles. The van der Waals surface area contributed by atoms with Crippen LogP contribution in [-0.2, 0) is 10.0 Å². The number of carbonyl (C=O) groups is 2. The van der Waals surface area contributed by atoms with Crippen LogP contribution in [-0.4, -0.2) is 34.5 Å². The molecule has 0 aliphatic rings. The van der Waals surface area contributed by atoms with Gasteiger partial charge in [-0.05, 0) is 48.5 Å². The molecule has 0 spiro atoms. The predicted molar refractivity (Wildman–Crippen MR) is 118 cm³/mol. The number of ether oxygens (including phenoxy) is 2. The van der Waals surface area contributed by atoms with Gasteiger partial charge in [-0.1, -0.05) is 12.1 Å². The third kappa shape index (κ3) is 5.77. The number of hydrogen-bond acceptors (Lipinski definition) is 6. The van der Waals surface area contributed by atoms with Gasteiger partial charge < -0.3 is 9.47 Å². The van der Waals surface area contributed by atoms with E-state index in [2.05, 4.69) is 15.6 Å². The summed E-state index contributed by atoms with van der Waals surface area (Å²) in [4.78, 5) is 24.5. The third-order valence-corrected chi connectivity index (χ3v) is 5.83. The summed E-state index contributed by atoms with van der Waals surface area (Å²) in [6, 6.07) is 14.7. The fraction of sp³-hybridized carbons (Fsp3) is 0.0909. The molecule has 0 aliphatic heterocycles. The maximum absolute atomic E-state index is 13.7. The summed E-state index contributed by atoms with van der Waals surface area (Å²) in [6.45, 7) is 0. The van der Waals surface area contributed by atoms with E-state index in [1.807, 2.05) is 0 Å². The lowest BCUT2D eigenvalue weighted by Gasteiger charge is -2.11. The summed E-state index contributed by atoms with van der Waals surface area (Å²) in [5.41, 5.74) is 4.58. The molecular formula is C22H20FN3O6S. The molecule has 0 aliphatic carbocycles. The zero-order valence-electron chi connectivity index (χ0n) is 17.6. The van der Waals surface area contributed by atoms with Gasteiger partial charge in [0.05, 0.1) is 24.8 Å². The van der Waals surface area contributed by atoms with E-state index >= 15 is 0 Å². The largest absolute Gasteiger partial charge is 0.497 e. The molecule has 172 valence electrons. The van der Waals surface area contributed by atoms with Gasteiger partial charge in [0.2, 0.25) is 0 Å². The number of anilines is 1. The highest BCUT2D eigenvalue weighted by Gasteiger charge is 2.17. The Labute approximate surface area is 189 Å². The molecule has 0 fully saturated rings. The van der Waals surface area contributed by atoms with Crippen molar-refractivity contribution in [3.63, 3.8) is 0 Å². The smallest absolute Gasteiger partial charge is 0.269 e. The van der Waals surface area contributed by atoms with Crippen molar-refractivity contribution in [2.45, 2.75) is 4.90 Å². The summed E-state index contributed by atoms with van der Waals surface area (Å²) in [5, 5.41) is 0. The van der Waals surface area contributed by atoms with Gasteiger partial charge in [0.25, 0.3) is 21.8 Å². The number of hydrazine groups is 1. The van der Waals surface area contributed by atoms with Crippen LogP contribution in [0.1, 0.15) is 20.7 Å². The van der Waals surface area contributed by atoms with Gasteiger partial charge in [-0.2, -0.15) is 0 Å². The molecule has 0 bridgehead atoms. The monoisotopic (exact) mass is 473 g/mol. The van der Waals surface area contributed by atoms with Crippen LogP contribution in [0.3, 0.4) is 0 Å². The van der Waals surface area contributed by atoms with Crippen LogP contribution < -0.4 is 25.0 Å². The second kappa shape index (κ2) is 10.0. The zero-order valence-corrected chi connectivity index (χ0v) is 18.4. The first-order valence-corrected chi connectivity index (χ1v) is 10.9. The first-order valence-electron chi connectivity index (χ1n) is 9.44. The van der Waals surface area contributed by atoms with Gasteiger partial charge >= 0.3 is 0 Å². The van der Waals surface area contributed by atoms with Crippen molar-refractivity contribution >= 4 is 27.5 Å². The number of amides is 2. The Morgan fingerprint density at radius 3 is 1.88 bits per heavy atom. The van der Waals surface area contributed by atoms with Crippen LogP contribution >= 0.6 is 0 Å². The predicted octanol–water partition coefficient (Wildman–Crippen LogP) is 2.72. The number of nitrogens with one attached hydrogen (secondary N) is 3. The molecule has 3 aromatic rings. The molecule has 2 amide bonds. The van der Waals surface area contributed by atoms with Gasteiger partial charge in [0, 0.05) is 17.2 Å². The summed E-state index contributed by atoms with van der Waals surface area (Å²) in [6.07, 6.45) is 0. The van der Waals surface area contributed by atoms with Gasteiger partial charge in [-0.3, -0.25) is 25.2 Å². The molecular weight excluding hydrogens is 453 g/mol. The van der Waals surface area contributed by atoms with E-state index in [9.17, 15) is 22.4 Å². The van der Waals surface area contributed by atoms with Crippen molar-refractivity contribution in [2.75, 3.05) is 18.9 Å². The summed E-state index contributed by atoms with van der Waals surface area (Å²) < 4.78 is 51.0. The maximum Gasteiger partial charge on any atom is 0.269 e. The van der Waals surface area contributed by atoms with E-state index < -0.39 is 27.7 Å². The van der Waals surface area contributed by atoms with Crippen LogP contribution in [0.2, 0.25) is 0 Å². The normalized spacial score (nSPS) is 10.8. The van der Waals surface area contributed by atoms with Crippen molar-refractivity contribution in [2.24, 2.45) is 0 Å². The average Bonchev–Trinajstić information content (AvgIpc) is 2.83. The second-order valence-corrected chi connectivity index (χ2v) is 8.30. The SMILES string of the molecule is COc1cc(OC)cc(C(=O)NNC(=O)c2ccc(S(=O)(=O)Nc3ccccc3F)cc2)c1. The zero-order chi connectivity index (χ0) is 24.0. The second-order valence-electron chi connectivity index (χ2n) is 6.62. The van der Waals surface area contributed by atoms with Crippen molar-refractivity contribution in [3.05, 3.63) is 83.7 Å². The van der Waals surface area contributed by atoms with E-state index in [4.69, 9.17) is 9.47 Å². The minimum Gasteiger partial charge on any atom is -0.497 e. The highest BCUT2D eigenvalue weighted by Crippen LogP contribution is 2.22. The number of carbonyl (C=O) groups excluding carboxylic acids is 2. The lowest BCUT2D eigenvalue weighted by molar-refractivity contribution is 0.0846. The molecule has 0 aromatic heterocycles. The van der Waals surface area contributed by atoms with Gasteiger partial charge in [-0.15, -0.1) is 0 Å². The van der Waals surface area contributed by atoms with E-state index in [-0.39, 0.29) is 21.7 Å². The molecule has 11 heteroatoms. The van der Waals surface area contributed by atoms with Crippen LogP contribution in [0.25, 0.3) is 0 Å². The molecule has 0 atom stereocenters. The fourth-order valence-electron chi connectivity index (χ4n) is 2.73. The Bertz CT molecular complexity index is 1260. The van der Waals surface area contributed by atoms with Crippen LogP contribution in [0.15, 0.2) is 71.6 Å². The molecule has 0 unspecified atom stereocenters. The first kappa shape index (κ1) is 23.5. The number of methoxy groups -OCH3 is 2. The van der Waals surface area contributed by atoms with Crippen LogP contribution in [0.5, 0.6) is 11.5 Å². The number of halogens is 1. The van der Waals surface area contributed by atoms with E-state index in [1.54, 1.807) is 6.07 Å². The van der Waals surface area contributed by atoms with Crippen molar-refractivity contribution in [1.82, 2.24) is 10.9 Å².